The lowest BCUT2D eigenvalue weighted by atomic mass is 10.2. The fraction of sp³-hybridized carbons (Fsp3) is 0.444. The zero-order chi connectivity index (χ0) is 19.9. The van der Waals surface area contributed by atoms with Gasteiger partial charge in [-0.3, -0.25) is 0 Å². The summed E-state index contributed by atoms with van der Waals surface area (Å²) in [5.74, 6) is 1.55. The van der Waals surface area contributed by atoms with Gasteiger partial charge in [0.15, 0.2) is 5.96 Å². The Hall–Kier alpha value is -1.98. The van der Waals surface area contributed by atoms with Gasteiger partial charge in [0.1, 0.15) is 24.7 Å². The van der Waals surface area contributed by atoms with Gasteiger partial charge in [0, 0.05) is 6.54 Å². The van der Waals surface area contributed by atoms with Gasteiger partial charge in [-0.15, -0.1) is 24.0 Å². The van der Waals surface area contributed by atoms with Crippen LogP contribution in [0.2, 0.25) is 0 Å². The van der Waals surface area contributed by atoms with Crippen molar-refractivity contribution in [2.75, 3.05) is 19.7 Å². The molecule has 0 aliphatic rings. The van der Waals surface area contributed by atoms with Crippen LogP contribution in [0, 0.1) is 13.8 Å². The molecular formula is C18H24F3IN4O2. The first-order valence-electron chi connectivity index (χ1n) is 8.55. The van der Waals surface area contributed by atoms with E-state index in [0.717, 1.165) is 17.5 Å². The molecule has 0 amide bonds. The molecule has 0 bridgehead atoms. The average molecular weight is 512 g/mol. The SMILES string of the molecule is CCNC(=NCc1nc(C)c(C)o1)NCCOc1ccccc1C(F)(F)F.I. The minimum Gasteiger partial charge on any atom is -0.491 e. The molecule has 0 aliphatic carbocycles. The molecule has 0 fully saturated rings. The van der Waals surface area contributed by atoms with E-state index in [1.54, 1.807) is 0 Å². The summed E-state index contributed by atoms with van der Waals surface area (Å²) in [6, 6.07) is 5.13. The zero-order valence-electron chi connectivity index (χ0n) is 15.9. The second-order valence-electron chi connectivity index (χ2n) is 5.71. The lowest BCUT2D eigenvalue weighted by Crippen LogP contribution is -2.39. The van der Waals surface area contributed by atoms with Crippen LogP contribution >= 0.6 is 24.0 Å². The molecule has 28 heavy (non-hydrogen) atoms. The van der Waals surface area contributed by atoms with Crippen LogP contribution in [0.25, 0.3) is 0 Å². The van der Waals surface area contributed by atoms with E-state index >= 15 is 0 Å². The van der Waals surface area contributed by atoms with Crippen LogP contribution in [-0.4, -0.2) is 30.6 Å². The van der Waals surface area contributed by atoms with E-state index in [1.165, 1.54) is 18.2 Å². The molecule has 1 aromatic carbocycles. The smallest absolute Gasteiger partial charge is 0.419 e. The quantitative estimate of drug-likeness (QED) is 0.254. The third-order valence-electron chi connectivity index (χ3n) is 3.63. The van der Waals surface area contributed by atoms with Gasteiger partial charge < -0.3 is 19.8 Å². The molecule has 10 heteroatoms. The van der Waals surface area contributed by atoms with Gasteiger partial charge >= 0.3 is 6.18 Å². The van der Waals surface area contributed by atoms with E-state index in [2.05, 4.69) is 20.6 Å². The van der Waals surface area contributed by atoms with Crippen molar-refractivity contribution < 1.29 is 22.3 Å². The van der Waals surface area contributed by atoms with Gasteiger partial charge in [-0.25, -0.2) is 9.98 Å². The second kappa shape index (κ2) is 11.1. The third-order valence-corrected chi connectivity index (χ3v) is 3.63. The molecule has 6 nitrogen and oxygen atoms in total. The van der Waals surface area contributed by atoms with Crippen LogP contribution in [0.1, 0.15) is 29.8 Å². The fourth-order valence-electron chi connectivity index (χ4n) is 2.25. The Bertz CT molecular complexity index is 759. The Kier molecular flexibility index (Phi) is 9.56. The molecule has 0 aliphatic heterocycles. The lowest BCUT2D eigenvalue weighted by molar-refractivity contribution is -0.138. The summed E-state index contributed by atoms with van der Waals surface area (Å²) in [6.45, 7) is 6.80. The molecule has 0 saturated heterocycles. The number of benzene rings is 1. The van der Waals surface area contributed by atoms with Gasteiger partial charge in [-0.2, -0.15) is 13.2 Å². The predicted molar refractivity (Wildman–Crippen MR) is 111 cm³/mol. The van der Waals surface area contributed by atoms with Crippen molar-refractivity contribution in [3.63, 3.8) is 0 Å². The maximum absolute atomic E-state index is 12.9. The maximum Gasteiger partial charge on any atom is 0.419 e. The van der Waals surface area contributed by atoms with Gasteiger partial charge in [0.05, 0.1) is 17.8 Å². The standard InChI is InChI=1S/C18H23F3N4O2.HI/c1-4-22-17(24-11-16-25-12(2)13(3)27-16)23-9-10-26-15-8-6-5-7-14(15)18(19,20)21;/h5-8H,4,9-11H2,1-3H3,(H2,22,23,24);1H. The lowest BCUT2D eigenvalue weighted by Gasteiger charge is -2.15. The van der Waals surface area contributed by atoms with Gasteiger partial charge in [-0.05, 0) is 32.9 Å². The van der Waals surface area contributed by atoms with Crippen LogP contribution < -0.4 is 15.4 Å². The normalized spacial score (nSPS) is 11.7. The number of guanidine groups is 1. The third kappa shape index (κ3) is 7.21. The molecule has 0 radical (unpaired) electrons. The second-order valence-corrected chi connectivity index (χ2v) is 5.71. The molecule has 0 atom stereocenters. The Morgan fingerprint density at radius 3 is 2.54 bits per heavy atom. The highest BCUT2D eigenvalue weighted by Gasteiger charge is 2.33. The summed E-state index contributed by atoms with van der Waals surface area (Å²) in [5.41, 5.74) is 0.0232. The maximum atomic E-state index is 12.9. The zero-order valence-corrected chi connectivity index (χ0v) is 18.2. The molecule has 0 unspecified atom stereocenters. The fourth-order valence-corrected chi connectivity index (χ4v) is 2.25. The van der Waals surface area contributed by atoms with Crippen molar-refractivity contribution in [2.45, 2.75) is 33.5 Å². The molecule has 1 aromatic heterocycles. The summed E-state index contributed by atoms with van der Waals surface area (Å²) >= 11 is 0. The van der Waals surface area contributed by atoms with E-state index < -0.39 is 11.7 Å². The van der Waals surface area contributed by atoms with Gasteiger partial charge in [-0.1, -0.05) is 12.1 Å². The number of hydrogen-bond donors (Lipinski definition) is 2. The minimum absolute atomic E-state index is 0. The van der Waals surface area contributed by atoms with Gasteiger partial charge in [0.25, 0.3) is 0 Å². The number of aromatic nitrogens is 1. The molecule has 2 aromatic rings. The topological polar surface area (TPSA) is 71.7 Å². The van der Waals surface area contributed by atoms with Crippen molar-refractivity contribution in [2.24, 2.45) is 4.99 Å². The molecule has 0 spiro atoms. The molecular weight excluding hydrogens is 488 g/mol. The first kappa shape index (κ1) is 24.1. The summed E-state index contributed by atoms with van der Waals surface area (Å²) in [4.78, 5) is 8.59. The van der Waals surface area contributed by atoms with Crippen LogP contribution in [0.3, 0.4) is 0 Å². The number of nitrogens with one attached hydrogen (secondary N) is 2. The van der Waals surface area contributed by atoms with E-state index in [9.17, 15) is 13.2 Å². The summed E-state index contributed by atoms with van der Waals surface area (Å²) < 4.78 is 49.6. The highest BCUT2D eigenvalue weighted by Crippen LogP contribution is 2.35. The number of nitrogens with zero attached hydrogens (tertiary/aromatic N) is 2. The number of aryl methyl sites for hydroxylation is 2. The number of para-hydroxylation sites is 1. The molecule has 2 N–H and O–H groups in total. The number of alkyl halides is 3. The van der Waals surface area contributed by atoms with E-state index in [1.807, 2.05) is 20.8 Å². The van der Waals surface area contributed by atoms with Crippen molar-refractivity contribution in [1.82, 2.24) is 15.6 Å². The Balaban J connectivity index is 0.00000392. The molecule has 0 saturated carbocycles. The van der Waals surface area contributed by atoms with Crippen LogP contribution in [0.15, 0.2) is 33.7 Å². The summed E-state index contributed by atoms with van der Waals surface area (Å²) in [5, 5.41) is 6.05. The Morgan fingerprint density at radius 1 is 1.21 bits per heavy atom. The largest absolute Gasteiger partial charge is 0.491 e. The van der Waals surface area contributed by atoms with Crippen molar-refractivity contribution in [1.29, 1.82) is 0 Å². The number of rotatable bonds is 7. The predicted octanol–water partition coefficient (Wildman–Crippen LogP) is 4.06. The van der Waals surface area contributed by atoms with Crippen molar-refractivity contribution in [3.8, 4) is 5.75 Å². The minimum atomic E-state index is -4.45. The van der Waals surface area contributed by atoms with Crippen molar-refractivity contribution in [3.05, 3.63) is 47.2 Å². The first-order valence-corrected chi connectivity index (χ1v) is 8.55. The van der Waals surface area contributed by atoms with E-state index in [4.69, 9.17) is 9.15 Å². The average Bonchev–Trinajstić information content (AvgIpc) is 2.94. The Labute approximate surface area is 179 Å². The van der Waals surface area contributed by atoms with E-state index in [-0.39, 0.29) is 49.4 Å². The van der Waals surface area contributed by atoms with Crippen molar-refractivity contribution >= 4 is 29.9 Å². The van der Waals surface area contributed by atoms with Crippen LogP contribution in [0.4, 0.5) is 13.2 Å². The summed E-state index contributed by atoms with van der Waals surface area (Å²) in [7, 11) is 0. The highest BCUT2D eigenvalue weighted by molar-refractivity contribution is 14.0. The number of oxazole rings is 1. The number of halogens is 4. The number of aliphatic imine (C=N–C) groups is 1. The van der Waals surface area contributed by atoms with Crippen LogP contribution in [0.5, 0.6) is 5.75 Å². The Morgan fingerprint density at radius 2 is 1.93 bits per heavy atom. The molecule has 2 rings (SSSR count). The number of ether oxygens (including phenoxy) is 1. The van der Waals surface area contributed by atoms with Gasteiger partial charge in [0.2, 0.25) is 5.89 Å². The molecule has 156 valence electrons. The number of hydrogen-bond acceptors (Lipinski definition) is 4. The van der Waals surface area contributed by atoms with Crippen LogP contribution in [-0.2, 0) is 12.7 Å². The summed E-state index contributed by atoms with van der Waals surface area (Å²) in [6.07, 6.45) is -4.45. The molecule has 1 heterocycles. The monoisotopic (exact) mass is 512 g/mol. The highest BCUT2D eigenvalue weighted by atomic mass is 127. The first-order chi connectivity index (χ1) is 12.8. The van der Waals surface area contributed by atoms with E-state index in [0.29, 0.717) is 18.4 Å².